The monoisotopic (exact) mass is 467 g/mol. The summed E-state index contributed by atoms with van der Waals surface area (Å²) in [6, 6.07) is 12.2. The molecule has 3 aromatic heterocycles. The van der Waals surface area contributed by atoms with E-state index >= 15 is 0 Å². The van der Waals surface area contributed by atoms with Crippen molar-refractivity contribution >= 4 is 56.2 Å². The first-order chi connectivity index (χ1) is 15.0. The van der Waals surface area contributed by atoms with Gasteiger partial charge in [0.2, 0.25) is 5.91 Å². The molecule has 0 fully saturated rings. The van der Waals surface area contributed by atoms with Crippen molar-refractivity contribution < 1.29 is 4.79 Å². The van der Waals surface area contributed by atoms with Crippen LogP contribution in [0.4, 0.5) is 5.69 Å². The van der Waals surface area contributed by atoms with E-state index in [9.17, 15) is 9.59 Å². The fraction of sp³-hybridized carbons (Fsp3) is 0.261. The van der Waals surface area contributed by atoms with Gasteiger partial charge in [-0.25, -0.2) is 4.98 Å². The SMILES string of the molecule is CC(Sc1nc2scc(-c3cccs3)c2c(=O)n1C)C(=O)N1c2ccccc2CC1C. The second-order valence-corrected chi connectivity index (χ2v) is 10.8. The lowest BCUT2D eigenvalue weighted by atomic mass is 10.1. The molecule has 5 nitrogen and oxygen atoms in total. The third-order valence-corrected chi connectivity index (χ3v) is 8.54. The number of fused-ring (bicyclic) bond motifs is 2. The molecule has 31 heavy (non-hydrogen) atoms. The summed E-state index contributed by atoms with van der Waals surface area (Å²) in [7, 11) is 1.73. The van der Waals surface area contributed by atoms with Crippen molar-refractivity contribution in [2.45, 2.75) is 36.7 Å². The molecule has 1 aromatic carbocycles. The molecule has 0 saturated heterocycles. The molecule has 1 aliphatic rings. The molecule has 4 aromatic rings. The number of amides is 1. The smallest absolute Gasteiger partial charge is 0.263 e. The number of nitrogens with zero attached hydrogens (tertiary/aromatic N) is 3. The van der Waals surface area contributed by atoms with Crippen LogP contribution in [-0.2, 0) is 18.3 Å². The molecule has 1 amide bonds. The fourth-order valence-corrected chi connectivity index (χ4v) is 6.80. The van der Waals surface area contributed by atoms with Gasteiger partial charge in [0.05, 0.1) is 10.6 Å². The van der Waals surface area contributed by atoms with E-state index in [2.05, 4.69) is 13.0 Å². The average Bonchev–Trinajstić information content (AvgIpc) is 3.48. The van der Waals surface area contributed by atoms with Gasteiger partial charge in [-0.15, -0.1) is 22.7 Å². The third kappa shape index (κ3) is 3.43. The maximum Gasteiger partial charge on any atom is 0.263 e. The summed E-state index contributed by atoms with van der Waals surface area (Å²) in [5, 5.41) is 4.86. The van der Waals surface area contributed by atoms with Crippen LogP contribution in [0.15, 0.2) is 57.1 Å². The Balaban J connectivity index is 1.46. The highest BCUT2D eigenvalue weighted by Gasteiger charge is 2.34. The predicted octanol–water partition coefficient (Wildman–Crippen LogP) is 5.18. The van der Waals surface area contributed by atoms with Gasteiger partial charge in [0.25, 0.3) is 5.56 Å². The number of rotatable bonds is 4. The highest BCUT2D eigenvalue weighted by molar-refractivity contribution is 8.00. The van der Waals surface area contributed by atoms with E-state index in [1.54, 1.807) is 23.0 Å². The number of benzene rings is 1. The zero-order valence-electron chi connectivity index (χ0n) is 17.4. The minimum absolute atomic E-state index is 0.0438. The maximum absolute atomic E-state index is 13.3. The van der Waals surface area contributed by atoms with Crippen LogP contribution in [0.2, 0.25) is 0 Å². The van der Waals surface area contributed by atoms with Gasteiger partial charge in [-0.3, -0.25) is 14.2 Å². The second-order valence-electron chi connectivity index (χ2n) is 7.72. The van der Waals surface area contributed by atoms with E-state index in [0.717, 1.165) is 22.5 Å². The predicted molar refractivity (Wildman–Crippen MR) is 131 cm³/mol. The molecule has 8 heteroatoms. The average molecular weight is 468 g/mol. The van der Waals surface area contributed by atoms with Crippen molar-refractivity contribution in [1.82, 2.24) is 9.55 Å². The summed E-state index contributed by atoms with van der Waals surface area (Å²) in [6.45, 7) is 3.97. The molecule has 2 atom stereocenters. The van der Waals surface area contributed by atoms with Gasteiger partial charge in [0.1, 0.15) is 4.83 Å². The Morgan fingerprint density at radius 1 is 1.23 bits per heavy atom. The number of carbonyl (C=O) groups is 1. The fourth-order valence-electron chi connectivity index (χ4n) is 4.08. The largest absolute Gasteiger partial charge is 0.308 e. The van der Waals surface area contributed by atoms with Crippen LogP contribution in [0.3, 0.4) is 0 Å². The Labute approximate surface area is 192 Å². The summed E-state index contributed by atoms with van der Waals surface area (Å²) in [5.41, 5.74) is 3.05. The summed E-state index contributed by atoms with van der Waals surface area (Å²) in [4.78, 5) is 34.9. The van der Waals surface area contributed by atoms with Crippen LogP contribution < -0.4 is 10.5 Å². The lowest BCUT2D eigenvalue weighted by Gasteiger charge is -2.26. The highest BCUT2D eigenvalue weighted by Crippen LogP contribution is 2.36. The number of hydrogen-bond acceptors (Lipinski definition) is 6. The van der Waals surface area contributed by atoms with Gasteiger partial charge >= 0.3 is 0 Å². The van der Waals surface area contributed by atoms with Gasteiger partial charge < -0.3 is 4.90 Å². The van der Waals surface area contributed by atoms with E-state index in [-0.39, 0.29) is 22.8 Å². The Kier molecular flexibility index (Phi) is 5.24. The second kappa shape index (κ2) is 7.93. The molecule has 4 heterocycles. The Morgan fingerprint density at radius 2 is 2.03 bits per heavy atom. The van der Waals surface area contributed by atoms with E-state index < -0.39 is 0 Å². The summed E-state index contributed by atoms with van der Waals surface area (Å²) >= 11 is 4.44. The van der Waals surface area contributed by atoms with Gasteiger partial charge in [-0.2, -0.15) is 0 Å². The molecule has 0 spiro atoms. The molecule has 0 aliphatic carbocycles. The van der Waals surface area contributed by atoms with Crippen molar-refractivity contribution in [3.63, 3.8) is 0 Å². The number of para-hydroxylation sites is 1. The van der Waals surface area contributed by atoms with Crippen LogP contribution in [0.25, 0.3) is 20.7 Å². The number of carbonyl (C=O) groups excluding carboxylic acids is 1. The van der Waals surface area contributed by atoms with Crippen molar-refractivity contribution in [3.8, 4) is 10.4 Å². The van der Waals surface area contributed by atoms with Gasteiger partial charge in [-0.1, -0.05) is 36.0 Å². The zero-order chi connectivity index (χ0) is 21.7. The normalized spacial score (nSPS) is 16.6. The molecule has 158 valence electrons. The minimum Gasteiger partial charge on any atom is -0.308 e. The van der Waals surface area contributed by atoms with Gasteiger partial charge in [-0.05, 0) is 43.3 Å². The number of aromatic nitrogens is 2. The summed E-state index contributed by atoms with van der Waals surface area (Å²) in [5.74, 6) is 0.0438. The van der Waals surface area contributed by atoms with Crippen molar-refractivity contribution in [3.05, 3.63) is 63.1 Å². The Morgan fingerprint density at radius 3 is 2.81 bits per heavy atom. The first-order valence-electron chi connectivity index (χ1n) is 10.1. The molecular formula is C23H21N3O2S3. The molecule has 0 N–H and O–H groups in total. The van der Waals surface area contributed by atoms with Crippen LogP contribution in [-0.4, -0.2) is 26.8 Å². The molecule has 0 bridgehead atoms. The first kappa shape index (κ1) is 20.5. The highest BCUT2D eigenvalue weighted by atomic mass is 32.2. The standard InChI is InChI=1S/C23H21N3O2S3/c1-13-11-15-7-4-5-8-17(15)26(13)21(27)14(2)31-23-24-20-19(22(28)25(23)3)16(12-30-20)18-9-6-10-29-18/h4-10,12-14H,11H2,1-3H3. The van der Waals surface area contributed by atoms with Crippen LogP contribution >= 0.6 is 34.4 Å². The molecule has 1 aliphatic heterocycles. The van der Waals surface area contributed by atoms with Crippen LogP contribution in [0, 0.1) is 0 Å². The molecule has 5 rings (SSSR count). The Bertz CT molecular complexity index is 1340. The first-order valence-corrected chi connectivity index (χ1v) is 12.7. The molecule has 0 radical (unpaired) electrons. The van der Waals surface area contributed by atoms with Gasteiger partial charge in [0.15, 0.2) is 5.16 Å². The van der Waals surface area contributed by atoms with E-state index in [1.807, 2.05) is 52.9 Å². The quantitative estimate of drug-likeness (QED) is 0.306. The third-order valence-electron chi connectivity index (χ3n) is 5.64. The summed E-state index contributed by atoms with van der Waals surface area (Å²) in [6.07, 6.45) is 0.864. The lowest BCUT2D eigenvalue weighted by Crippen LogP contribution is -2.40. The topological polar surface area (TPSA) is 55.2 Å². The summed E-state index contributed by atoms with van der Waals surface area (Å²) < 4.78 is 1.57. The lowest BCUT2D eigenvalue weighted by molar-refractivity contribution is -0.118. The van der Waals surface area contributed by atoms with E-state index in [1.165, 1.54) is 28.7 Å². The molecule has 2 unspecified atom stereocenters. The minimum atomic E-state index is -0.360. The zero-order valence-corrected chi connectivity index (χ0v) is 19.8. The number of anilines is 1. The molecular weight excluding hydrogens is 446 g/mol. The van der Waals surface area contributed by atoms with Crippen molar-refractivity contribution in [1.29, 1.82) is 0 Å². The van der Waals surface area contributed by atoms with Gasteiger partial charge in [0, 0.05) is 34.6 Å². The molecule has 0 saturated carbocycles. The Hall–Kier alpha value is -2.42. The number of thioether (sulfide) groups is 1. The number of thiophene rings is 2. The number of hydrogen-bond donors (Lipinski definition) is 0. The van der Waals surface area contributed by atoms with E-state index in [0.29, 0.717) is 15.4 Å². The van der Waals surface area contributed by atoms with Crippen molar-refractivity contribution in [2.24, 2.45) is 7.05 Å². The van der Waals surface area contributed by atoms with E-state index in [4.69, 9.17) is 4.98 Å². The maximum atomic E-state index is 13.3. The van der Waals surface area contributed by atoms with Crippen LogP contribution in [0.5, 0.6) is 0 Å². The van der Waals surface area contributed by atoms with Crippen LogP contribution in [0.1, 0.15) is 19.4 Å². The van der Waals surface area contributed by atoms with Crippen molar-refractivity contribution in [2.75, 3.05) is 4.90 Å².